The molecule has 0 aromatic heterocycles. The number of methoxy groups -OCH3 is 1. The highest BCUT2D eigenvalue weighted by atomic mass is 19.1. The molecule has 0 spiro atoms. The number of ether oxygens (including phenoxy) is 3. The zero-order valence-corrected chi connectivity index (χ0v) is 31.5. The van der Waals surface area contributed by atoms with Gasteiger partial charge in [0.2, 0.25) is 11.8 Å². The lowest BCUT2D eigenvalue weighted by Gasteiger charge is -2.36. The standard InChI is InChI=1S/C44H47FN4O7/c1-54-40-24-29(7-14-37(40)45)36-27-56-39-25-32(50)9-13-35(39)42(36)28-5-10-33(11-6-28)55-22-4-2-3-17-47-18-20-48(21-19-47)31-8-12-34-30(23-31)26-49(44(34)53)38-15-16-41(51)46-43(38)52/h5-14,23-25,36,38,42,50H,2-4,15-22,26-27H2,1H3,(H,46,51,52)/t36-,38?,42?/m1/s1. The van der Waals surface area contributed by atoms with Crippen molar-refractivity contribution in [1.82, 2.24) is 15.1 Å². The highest BCUT2D eigenvalue weighted by molar-refractivity contribution is 6.05. The van der Waals surface area contributed by atoms with Gasteiger partial charge >= 0.3 is 0 Å². The number of phenolic OH excluding ortho intramolecular Hbond substituents is 1. The van der Waals surface area contributed by atoms with Crippen LogP contribution in [0.4, 0.5) is 10.1 Å². The molecule has 3 atom stereocenters. The minimum absolute atomic E-state index is 0.0812. The van der Waals surface area contributed by atoms with Gasteiger partial charge in [0.1, 0.15) is 23.3 Å². The minimum Gasteiger partial charge on any atom is -0.508 e. The van der Waals surface area contributed by atoms with Gasteiger partial charge in [0.25, 0.3) is 5.91 Å². The summed E-state index contributed by atoms with van der Waals surface area (Å²) in [6.07, 6.45) is 3.72. The molecule has 2 unspecified atom stereocenters. The van der Waals surface area contributed by atoms with Crippen molar-refractivity contribution in [2.45, 2.75) is 56.5 Å². The Morgan fingerprint density at radius 3 is 2.48 bits per heavy atom. The van der Waals surface area contributed by atoms with E-state index in [1.165, 1.54) is 13.2 Å². The van der Waals surface area contributed by atoms with Gasteiger partial charge in [-0.25, -0.2) is 4.39 Å². The molecule has 4 aliphatic heterocycles. The number of hydrogen-bond acceptors (Lipinski definition) is 9. The highest BCUT2D eigenvalue weighted by Gasteiger charge is 2.39. The molecule has 8 rings (SSSR count). The number of piperazine rings is 1. The van der Waals surface area contributed by atoms with E-state index in [-0.39, 0.29) is 47.5 Å². The predicted octanol–water partition coefficient (Wildman–Crippen LogP) is 5.98. The maximum absolute atomic E-state index is 14.3. The maximum atomic E-state index is 14.3. The van der Waals surface area contributed by atoms with Gasteiger partial charge in [-0.2, -0.15) is 0 Å². The van der Waals surface area contributed by atoms with Crippen LogP contribution in [0.1, 0.15) is 76.6 Å². The third-order valence-corrected chi connectivity index (χ3v) is 11.6. The van der Waals surface area contributed by atoms with Gasteiger partial charge in [0.05, 0.1) is 20.3 Å². The maximum Gasteiger partial charge on any atom is 0.255 e. The number of rotatable bonds is 12. The summed E-state index contributed by atoms with van der Waals surface area (Å²) in [5.74, 6) is 0.383. The van der Waals surface area contributed by atoms with Crippen LogP contribution in [-0.2, 0) is 16.1 Å². The third-order valence-electron chi connectivity index (χ3n) is 11.6. The molecule has 56 heavy (non-hydrogen) atoms. The average Bonchev–Trinajstić information content (AvgIpc) is 3.54. The van der Waals surface area contributed by atoms with Gasteiger partial charge in [-0.1, -0.05) is 24.3 Å². The lowest BCUT2D eigenvalue weighted by molar-refractivity contribution is -0.136. The summed E-state index contributed by atoms with van der Waals surface area (Å²) in [6, 6.07) is 23.7. The van der Waals surface area contributed by atoms with Crippen LogP contribution in [0.25, 0.3) is 0 Å². The van der Waals surface area contributed by atoms with E-state index in [4.69, 9.17) is 14.2 Å². The molecule has 11 nitrogen and oxygen atoms in total. The second-order valence-electron chi connectivity index (χ2n) is 15.1. The molecule has 0 aliphatic carbocycles. The van der Waals surface area contributed by atoms with Gasteiger partial charge in [-0.3, -0.25) is 24.6 Å². The number of carbonyl (C=O) groups excluding carboxylic acids is 3. The lowest BCUT2D eigenvalue weighted by Crippen LogP contribution is -2.52. The van der Waals surface area contributed by atoms with Gasteiger partial charge in [0.15, 0.2) is 11.6 Å². The van der Waals surface area contributed by atoms with E-state index < -0.39 is 11.9 Å². The number of phenols is 1. The van der Waals surface area contributed by atoms with Crippen LogP contribution in [0.5, 0.6) is 23.0 Å². The number of anilines is 1. The van der Waals surface area contributed by atoms with Crippen molar-refractivity contribution in [1.29, 1.82) is 0 Å². The minimum atomic E-state index is -0.604. The Bertz CT molecular complexity index is 2100. The Balaban J connectivity index is 0.788. The molecule has 2 fully saturated rings. The number of aromatic hydroxyl groups is 1. The van der Waals surface area contributed by atoms with Crippen molar-refractivity contribution < 1.29 is 38.1 Å². The van der Waals surface area contributed by atoms with Crippen molar-refractivity contribution >= 4 is 23.4 Å². The number of piperidine rings is 1. The first-order valence-electron chi connectivity index (χ1n) is 19.5. The number of unbranched alkanes of at least 4 members (excludes halogenated alkanes) is 2. The van der Waals surface area contributed by atoms with Gasteiger partial charge in [0, 0.05) is 73.9 Å². The number of benzene rings is 4. The van der Waals surface area contributed by atoms with E-state index in [1.54, 1.807) is 29.2 Å². The van der Waals surface area contributed by atoms with Crippen LogP contribution in [0.2, 0.25) is 0 Å². The van der Waals surface area contributed by atoms with Crippen LogP contribution in [0.15, 0.2) is 78.9 Å². The molecule has 12 heteroatoms. The summed E-state index contributed by atoms with van der Waals surface area (Å²) in [6.45, 7) is 6.17. The zero-order valence-electron chi connectivity index (χ0n) is 31.5. The number of nitrogens with zero attached hydrogens (tertiary/aromatic N) is 3. The molecule has 4 heterocycles. The second kappa shape index (κ2) is 16.2. The van der Waals surface area contributed by atoms with Crippen LogP contribution < -0.4 is 24.4 Å². The van der Waals surface area contributed by atoms with Gasteiger partial charge in [-0.15, -0.1) is 0 Å². The topological polar surface area (TPSA) is 121 Å². The zero-order chi connectivity index (χ0) is 38.8. The highest BCUT2D eigenvalue weighted by Crippen LogP contribution is 2.47. The molecular weight excluding hydrogens is 716 g/mol. The van der Waals surface area contributed by atoms with E-state index in [0.717, 1.165) is 85.7 Å². The molecule has 2 N–H and O–H groups in total. The quantitative estimate of drug-likeness (QED) is 0.133. The third kappa shape index (κ3) is 7.75. The summed E-state index contributed by atoms with van der Waals surface area (Å²) in [5.41, 5.74) is 5.61. The molecule has 292 valence electrons. The number of amides is 3. The fraction of sp³-hybridized carbons (Fsp3) is 0.386. The Morgan fingerprint density at radius 2 is 1.70 bits per heavy atom. The predicted molar refractivity (Wildman–Crippen MR) is 208 cm³/mol. The summed E-state index contributed by atoms with van der Waals surface area (Å²) in [7, 11) is 1.46. The van der Waals surface area contributed by atoms with Crippen molar-refractivity contribution in [3.63, 3.8) is 0 Å². The Labute approximate surface area is 325 Å². The van der Waals surface area contributed by atoms with Crippen molar-refractivity contribution in [3.05, 3.63) is 112 Å². The number of nitrogens with one attached hydrogen (secondary N) is 1. The largest absolute Gasteiger partial charge is 0.508 e. The van der Waals surface area contributed by atoms with Gasteiger partial charge in [-0.05, 0) is 97.4 Å². The smallest absolute Gasteiger partial charge is 0.255 e. The molecule has 4 aliphatic rings. The fourth-order valence-corrected chi connectivity index (χ4v) is 8.57. The Hall–Kier alpha value is -5.62. The average molecular weight is 763 g/mol. The van der Waals surface area contributed by atoms with Crippen LogP contribution >= 0.6 is 0 Å². The number of carbonyl (C=O) groups is 3. The Morgan fingerprint density at radius 1 is 0.893 bits per heavy atom. The van der Waals surface area contributed by atoms with Crippen LogP contribution in [-0.4, -0.2) is 91.7 Å². The summed E-state index contributed by atoms with van der Waals surface area (Å²) in [4.78, 5) is 43.6. The summed E-state index contributed by atoms with van der Waals surface area (Å²) < 4.78 is 31.8. The monoisotopic (exact) mass is 762 g/mol. The van der Waals surface area contributed by atoms with E-state index in [9.17, 15) is 23.9 Å². The molecule has 3 amide bonds. The molecule has 4 aromatic carbocycles. The SMILES string of the molecule is COc1cc([C@H]2COc3cc(O)ccc3C2c2ccc(OCCCCCN3CCN(c4ccc5c(c4)CN(C4CCC(=O)NC4=O)C5=O)CC3)cc2)ccc1F. The first-order chi connectivity index (χ1) is 27.2. The van der Waals surface area contributed by atoms with Crippen LogP contribution in [0.3, 0.4) is 0 Å². The van der Waals surface area contributed by atoms with Crippen molar-refractivity contribution in [2.75, 3.05) is 57.9 Å². The Kier molecular flexibility index (Phi) is 10.8. The number of hydrogen-bond donors (Lipinski definition) is 2. The molecule has 0 radical (unpaired) electrons. The molecular formula is C44H47FN4O7. The molecule has 4 aromatic rings. The lowest BCUT2D eigenvalue weighted by atomic mass is 9.76. The van der Waals surface area contributed by atoms with E-state index in [2.05, 4.69) is 33.3 Å². The van der Waals surface area contributed by atoms with Crippen molar-refractivity contribution in [3.8, 4) is 23.0 Å². The van der Waals surface area contributed by atoms with Crippen molar-refractivity contribution in [2.24, 2.45) is 0 Å². The number of imide groups is 1. The summed E-state index contributed by atoms with van der Waals surface area (Å²) in [5, 5.41) is 12.5. The first kappa shape index (κ1) is 37.3. The fourth-order valence-electron chi connectivity index (χ4n) is 8.57. The number of halogens is 1. The molecule has 0 bridgehead atoms. The first-order valence-corrected chi connectivity index (χ1v) is 19.5. The van der Waals surface area contributed by atoms with E-state index >= 15 is 0 Å². The van der Waals surface area contributed by atoms with E-state index in [1.807, 2.05) is 30.3 Å². The summed E-state index contributed by atoms with van der Waals surface area (Å²) >= 11 is 0. The molecule has 2 saturated heterocycles. The molecule has 0 saturated carbocycles. The van der Waals surface area contributed by atoms with Crippen LogP contribution in [0, 0.1) is 5.82 Å². The van der Waals surface area contributed by atoms with Gasteiger partial charge < -0.3 is 29.1 Å². The number of fused-ring (bicyclic) bond motifs is 2. The second-order valence-corrected chi connectivity index (χ2v) is 15.1. The van der Waals surface area contributed by atoms with E-state index in [0.29, 0.717) is 37.5 Å². The normalized spacial score (nSPS) is 21.0.